The lowest BCUT2D eigenvalue weighted by atomic mass is 9.97. The molecule has 0 bridgehead atoms. The number of hydrogen-bond donors (Lipinski definition) is 3. The van der Waals surface area contributed by atoms with Crippen LogP contribution in [0.15, 0.2) is 48.5 Å². The molecule has 0 radical (unpaired) electrons. The second-order valence-electron chi connectivity index (χ2n) is 5.77. The predicted octanol–water partition coefficient (Wildman–Crippen LogP) is 1.81. The number of para-hydroxylation sites is 1. The number of likely N-dealkylation sites (N-methyl/N-ethyl adjacent to an activating group) is 1. The van der Waals surface area contributed by atoms with Crippen molar-refractivity contribution in [3.63, 3.8) is 0 Å². The molecule has 1 aliphatic carbocycles. The van der Waals surface area contributed by atoms with Crippen LogP contribution in [0.2, 0.25) is 0 Å². The van der Waals surface area contributed by atoms with Crippen LogP contribution in [0.4, 0.5) is 0 Å². The molecule has 0 fully saturated rings. The minimum absolute atomic E-state index is 0.0883. The Kier molecular flexibility index (Phi) is 4.16. The van der Waals surface area contributed by atoms with E-state index in [1.807, 2.05) is 55.6 Å². The van der Waals surface area contributed by atoms with Crippen molar-refractivity contribution >= 4 is 0 Å². The molecular weight excluding hydrogens is 278 g/mol. The molecule has 4 heteroatoms. The van der Waals surface area contributed by atoms with Crippen molar-refractivity contribution in [3.8, 4) is 5.75 Å². The highest BCUT2D eigenvalue weighted by molar-refractivity contribution is 5.41. The number of fused-ring (bicyclic) bond motifs is 1. The van der Waals surface area contributed by atoms with Crippen molar-refractivity contribution in [2.24, 2.45) is 0 Å². The van der Waals surface area contributed by atoms with Gasteiger partial charge in [0.05, 0.1) is 6.61 Å². The average Bonchev–Trinajstić information content (AvgIpc) is 2.80. The van der Waals surface area contributed by atoms with E-state index in [1.165, 1.54) is 0 Å². The molecule has 0 amide bonds. The third-order valence-electron chi connectivity index (χ3n) is 4.19. The highest BCUT2D eigenvalue weighted by Gasteiger charge is 2.46. The number of nitrogens with one attached hydrogen (secondary N) is 1. The van der Waals surface area contributed by atoms with E-state index in [-0.39, 0.29) is 6.61 Å². The summed E-state index contributed by atoms with van der Waals surface area (Å²) in [6.07, 6.45) is 0.0968. The number of hydrogen-bond acceptors (Lipinski definition) is 4. The third-order valence-corrected chi connectivity index (χ3v) is 4.19. The van der Waals surface area contributed by atoms with Crippen molar-refractivity contribution in [3.05, 3.63) is 65.2 Å². The fraction of sp³-hybridized carbons (Fsp3) is 0.333. The summed E-state index contributed by atoms with van der Waals surface area (Å²) in [4.78, 5) is 0. The second kappa shape index (κ2) is 6.08. The SMILES string of the molecule is CNC[C@]1(O)Cc2ccccc2[C@@H]1Oc1ccccc1CO. The Hall–Kier alpha value is -1.88. The summed E-state index contributed by atoms with van der Waals surface area (Å²) >= 11 is 0. The molecule has 1 aliphatic rings. The van der Waals surface area contributed by atoms with Crippen LogP contribution in [-0.2, 0) is 13.0 Å². The van der Waals surface area contributed by atoms with Crippen molar-refractivity contribution in [1.29, 1.82) is 0 Å². The first kappa shape index (κ1) is 15.0. The normalized spacial score (nSPS) is 23.3. The molecule has 3 N–H and O–H groups in total. The maximum atomic E-state index is 11.0. The Bertz CT molecular complexity index is 658. The minimum atomic E-state index is -0.999. The van der Waals surface area contributed by atoms with E-state index in [0.29, 0.717) is 18.7 Å². The van der Waals surface area contributed by atoms with E-state index < -0.39 is 11.7 Å². The van der Waals surface area contributed by atoms with E-state index in [4.69, 9.17) is 4.74 Å². The van der Waals surface area contributed by atoms with Crippen molar-refractivity contribution < 1.29 is 14.9 Å². The Morgan fingerprint density at radius 3 is 2.68 bits per heavy atom. The van der Waals surface area contributed by atoms with Crippen LogP contribution in [0.3, 0.4) is 0 Å². The number of benzene rings is 2. The zero-order valence-electron chi connectivity index (χ0n) is 12.6. The van der Waals surface area contributed by atoms with Crippen LogP contribution < -0.4 is 10.1 Å². The largest absolute Gasteiger partial charge is 0.482 e. The molecular formula is C18H21NO3. The molecule has 0 heterocycles. The topological polar surface area (TPSA) is 61.7 Å². The highest BCUT2D eigenvalue weighted by Crippen LogP contribution is 2.42. The Balaban J connectivity index is 1.98. The molecule has 2 aromatic carbocycles. The monoisotopic (exact) mass is 299 g/mol. The van der Waals surface area contributed by atoms with Gasteiger partial charge in [0.1, 0.15) is 11.4 Å². The van der Waals surface area contributed by atoms with Gasteiger partial charge in [0, 0.05) is 18.5 Å². The van der Waals surface area contributed by atoms with Crippen molar-refractivity contribution in [2.45, 2.75) is 24.7 Å². The maximum Gasteiger partial charge on any atom is 0.154 e. The van der Waals surface area contributed by atoms with Gasteiger partial charge in [0.2, 0.25) is 0 Å². The molecule has 2 aromatic rings. The van der Waals surface area contributed by atoms with Crippen LogP contribution in [-0.4, -0.2) is 29.4 Å². The Morgan fingerprint density at radius 2 is 1.91 bits per heavy atom. The molecule has 0 aromatic heterocycles. The van der Waals surface area contributed by atoms with Crippen molar-refractivity contribution in [1.82, 2.24) is 5.32 Å². The lowest BCUT2D eigenvalue weighted by Gasteiger charge is -2.31. The lowest BCUT2D eigenvalue weighted by molar-refractivity contribution is -0.0490. The maximum absolute atomic E-state index is 11.0. The Labute approximate surface area is 130 Å². The van der Waals surface area contributed by atoms with Crippen molar-refractivity contribution in [2.75, 3.05) is 13.6 Å². The molecule has 116 valence electrons. The van der Waals surface area contributed by atoms with E-state index in [0.717, 1.165) is 16.7 Å². The molecule has 4 nitrogen and oxygen atoms in total. The zero-order chi connectivity index (χ0) is 15.6. The van der Waals surface area contributed by atoms with Crippen LogP contribution in [0, 0.1) is 0 Å². The summed E-state index contributed by atoms with van der Waals surface area (Å²) in [5, 5.41) is 23.6. The van der Waals surface area contributed by atoms with Crippen LogP contribution in [0.1, 0.15) is 22.8 Å². The van der Waals surface area contributed by atoms with E-state index in [9.17, 15) is 10.2 Å². The van der Waals surface area contributed by atoms with Gasteiger partial charge in [0.15, 0.2) is 6.10 Å². The first-order valence-corrected chi connectivity index (χ1v) is 7.48. The van der Waals surface area contributed by atoms with Gasteiger partial charge < -0.3 is 20.3 Å². The average molecular weight is 299 g/mol. The summed E-state index contributed by atoms with van der Waals surface area (Å²) in [7, 11) is 1.82. The van der Waals surface area contributed by atoms with Gasteiger partial charge in [0.25, 0.3) is 0 Å². The number of ether oxygens (including phenoxy) is 1. The smallest absolute Gasteiger partial charge is 0.154 e. The van der Waals surface area contributed by atoms with Gasteiger partial charge >= 0.3 is 0 Å². The lowest BCUT2D eigenvalue weighted by Crippen LogP contribution is -2.45. The molecule has 0 aliphatic heterocycles. The Morgan fingerprint density at radius 1 is 1.18 bits per heavy atom. The summed E-state index contributed by atoms with van der Waals surface area (Å²) in [6.45, 7) is 0.350. The quantitative estimate of drug-likeness (QED) is 0.788. The molecule has 2 atom stereocenters. The second-order valence-corrected chi connectivity index (χ2v) is 5.77. The fourth-order valence-electron chi connectivity index (χ4n) is 3.17. The van der Waals surface area contributed by atoms with E-state index in [1.54, 1.807) is 0 Å². The van der Waals surface area contributed by atoms with E-state index >= 15 is 0 Å². The van der Waals surface area contributed by atoms with Crippen LogP contribution in [0.25, 0.3) is 0 Å². The van der Waals surface area contributed by atoms with Gasteiger partial charge in [-0.05, 0) is 24.2 Å². The molecule has 22 heavy (non-hydrogen) atoms. The minimum Gasteiger partial charge on any atom is -0.482 e. The van der Waals surface area contributed by atoms with Crippen LogP contribution >= 0.6 is 0 Å². The van der Waals surface area contributed by atoms with Gasteiger partial charge in [-0.1, -0.05) is 42.5 Å². The number of aliphatic hydroxyl groups excluding tert-OH is 1. The molecule has 0 saturated heterocycles. The number of aliphatic hydroxyl groups is 2. The molecule has 0 unspecified atom stereocenters. The standard InChI is InChI=1S/C18H21NO3/c1-19-12-18(21)10-13-6-2-4-8-15(13)17(18)22-16-9-5-3-7-14(16)11-20/h2-9,17,19-21H,10-12H2,1H3/t17-,18+/m0/s1. The van der Waals surface area contributed by atoms with Crippen LogP contribution in [0.5, 0.6) is 5.75 Å². The van der Waals surface area contributed by atoms with E-state index in [2.05, 4.69) is 5.32 Å². The summed E-state index contributed by atoms with van der Waals surface area (Å²) in [5.74, 6) is 0.612. The number of rotatable bonds is 5. The highest BCUT2D eigenvalue weighted by atomic mass is 16.5. The first-order valence-electron chi connectivity index (χ1n) is 7.48. The molecule has 3 rings (SSSR count). The first-order chi connectivity index (χ1) is 10.7. The van der Waals surface area contributed by atoms with Gasteiger partial charge in [-0.25, -0.2) is 0 Å². The predicted molar refractivity (Wildman–Crippen MR) is 84.8 cm³/mol. The third kappa shape index (κ3) is 2.61. The van der Waals surface area contributed by atoms with Gasteiger partial charge in [-0.2, -0.15) is 0 Å². The van der Waals surface area contributed by atoms with Gasteiger partial charge in [-0.15, -0.1) is 0 Å². The zero-order valence-corrected chi connectivity index (χ0v) is 12.6. The molecule has 0 spiro atoms. The summed E-state index contributed by atoms with van der Waals surface area (Å²) in [6, 6.07) is 15.3. The fourth-order valence-corrected chi connectivity index (χ4v) is 3.17. The van der Waals surface area contributed by atoms with Gasteiger partial charge in [-0.3, -0.25) is 0 Å². The summed E-state index contributed by atoms with van der Waals surface area (Å²) < 4.78 is 6.14. The molecule has 0 saturated carbocycles. The summed E-state index contributed by atoms with van der Waals surface area (Å²) in [5.41, 5.74) is 1.83.